The summed E-state index contributed by atoms with van der Waals surface area (Å²) in [5, 5.41) is -0.552. The second kappa shape index (κ2) is 6.68. The van der Waals surface area contributed by atoms with Crippen molar-refractivity contribution in [2.45, 2.75) is 17.3 Å². The summed E-state index contributed by atoms with van der Waals surface area (Å²) in [5.41, 5.74) is 6.13. The number of nitrogen functional groups attached to an aromatic ring is 1. The van der Waals surface area contributed by atoms with Gasteiger partial charge in [-0.2, -0.15) is 0 Å². The maximum absolute atomic E-state index is 15.1. The molecule has 3 rings (SSSR count). The Bertz CT molecular complexity index is 857. The first kappa shape index (κ1) is 18.3. The Kier molecular flexibility index (Phi) is 4.71. The molecule has 0 bridgehead atoms. The van der Waals surface area contributed by atoms with Crippen LogP contribution in [0.15, 0.2) is 66.5 Å². The number of alkyl halides is 3. The quantitative estimate of drug-likeness (QED) is 0.339. The van der Waals surface area contributed by atoms with E-state index >= 15 is 4.39 Å². The minimum absolute atomic E-state index is 0.0962. The van der Waals surface area contributed by atoms with Crippen LogP contribution in [0, 0.1) is 5.92 Å². The maximum Gasteiger partial charge on any atom is 0.236 e. The number of carbonyl (C=O) groups is 1. The Balaban J connectivity index is 1.94. The highest BCUT2D eigenvalue weighted by Gasteiger charge is 2.55. The van der Waals surface area contributed by atoms with Crippen molar-refractivity contribution in [2.75, 3.05) is 11.1 Å². The first-order chi connectivity index (χ1) is 12.2. The van der Waals surface area contributed by atoms with Crippen LogP contribution >= 0.6 is 11.6 Å². The lowest BCUT2D eigenvalue weighted by Gasteiger charge is -2.38. The van der Waals surface area contributed by atoms with Gasteiger partial charge in [-0.3, -0.25) is 4.79 Å². The fourth-order valence-corrected chi connectivity index (χ4v) is 3.24. The van der Waals surface area contributed by atoms with E-state index in [1.54, 1.807) is 30.3 Å². The van der Waals surface area contributed by atoms with Crippen molar-refractivity contribution in [3.63, 3.8) is 0 Å². The summed E-state index contributed by atoms with van der Waals surface area (Å²) in [4.78, 5) is 12.5. The van der Waals surface area contributed by atoms with Gasteiger partial charge in [0.1, 0.15) is 0 Å². The Morgan fingerprint density at radius 3 is 2.38 bits per heavy atom. The SMILES string of the molecule is Nc1ccccc1NC1(F)CC(F)(Cl)C(C(=O)c2ccccc2)C=C1F. The molecule has 26 heavy (non-hydrogen) atoms. The van der Waals surface area contributed by atoms with E-state index in [4.69, 9.17) is 17.3 Å². The number of anilines is 2. The fraction of sp³-hybridized carbons (Fsp3) is 0.211. The van der Waals surface area contributed by atoms with Crippen molar-refractivity contribution < 1.29 is 18.0 Å². The van der Waals surface area contributed by atoms with Gasteiger partial charge in [-0.1, -0.05) is 54.1 Å². The molecule has 2 aromatic rings. The molecule has 1 aliphatic rings. The van der Waals surface area contributed by atoms with E-state index in [9.17, 15) is 13.6 Å². The third kappa shape index (κ3) is 3.42. The molecule has 0 saturated heterocycles. The lowest BCUT2D eigenvalue weighted by molar-refractivity contribution is 0.0597. The van der Waals surface area contributed by atoms with Gasteiger partial charge in [-0.25, -0.2) is 13.2 Å². The number of para-hydroxylation sites is 2. The number of ketones is 1. The van der Waals surface area contributed by atoms with E-state index in [1.165, 1.54) is 24.3 Å². The first-order valence-corrected chi connectivity index (χ1v) is 8.27. The summed E-state index contributed by atoms with van der Waals surface area (Å²) < 4.78 is 44.6. The lowest BCUT2D eigenvalue weighted by Crippen LogP contribution is -2.48. The average Bonchev–Trinajstić information content (AvgIpc) is 2.60. The van der Waals surface area contributed by atoms with Crippen LogP contribution < -0.4 is 11.1 Å². The van der Waals surface area contributed by atoms with Crippen molar-refractivity contribution in [3.8, 4) is 0 Å². The monoisotopic (exact) mass is 380 g/mol. The molecule has 3 atom stereocenters. The van der Waals surface area contributed by atoms with Crippen molar-refractivity contribution >= 4 is 28.8 Å². The van der Waals surface area contributed by atoms with E-state index in [1.807, 2.05) is 0 Å². The summed E-state index contributed by atoms with van der Waals surface area (Å²) in [5.74, 6) is -6.60. The largest absolute Gasteiger partial charge is 0.397 e. The highest BCUT2D eigenvalue weighted by molar-refractivity contribution is 6.25. The predicted octanol–water partition coefficient (Wildman–Crippen LogP) is 5.01. The molecule has 3 nitrogen and oxygen atoms in total. The summed E-state index contributed by atoms with van der Waals surface area (Å²) in [6.45, 7) is 0. The molecular weight excluding hydrogens is 365 g/mol. The molecule has 1 aliphatic carbocycles. The van der Waals surface area contributed by atoms with Gasteiger partial charge in [0.15, 0.2) is 11.6 Å². The third-order valence-corrected chi connectivity index (χ3v) is 4.63. The smallest absolute Gasteiger partial charge is 0.236 e. The number of hydrogen-bond acceptors (Lipinski definition) is 3. The van der Waals surface area contributed by atoms with Gasteiger partial charge in [-0.15, -0.1) is 0 Å². The summed E-state index contributed by atoms with van der Waals surface area (Å²) >= 11 is 5.83. The second-order valence-electron chi connectivity index (χ2n) is 6.17. The molecule has 0 saturated carbocycles. The van der Waals surface area contributed by atoms with Crippen molar-refractivity contribution in [1.82, 2.24) is 0 Å². The van der Waals surface area contributed by atoms with Crippen molar-refractivity contribution in [3.05, 3.63) is 72.1 Å². The molecule has 0 heterocycles. The van der Waals surface area contributed by atoms with E-state index in [2.05, 4.69) is 5.32 Å². The molecule has 7 heteroatoms. The molecule has 0 fully saturated rings. The number of nitrogens with one attached hydrogen (secondary N) is 1. The number of nitrogens with two attached hydrogens (primary N) is 1. The predicted molar refractivity (Wildman–Crippen MR) is 96.1 cm³/mol. The maximum atomic E-state index is 15.1. The molecule has 3 unspecified atom stereocenters. The van der Waals surface area contributed by atoms with Gasteiger partial charge < -0.3 is 11.1 Å². The van der Waals surface area contributed by atoms with Crippen LogP contribution in [0.25, 0.3) is 0 Å². The van der Waals surface area contributed by atoms with Gasteiger partial charge >= 0.3 is 0 Å². The molecule has 0 aliphatic heterocycles. The molecule has 0 amide bonds. The van der Waals surface area contributed by atoms with Crippen LogP contribution in [0.3, 0.4) is 0 Å². The third-order valence-electron chi connectivity index (χ3n) is 4.26. The van der Waals surface area contributed by atoms with Crippen molar-refractivity contribution in [1.29, 1.82) is 0 Å². The molecule has 2 aromatic carbocycles. The molecule has 0 spiro atoms. The van der Waals surface area contributed by atoms with Crippen LogP contribution in [0.1, 0.15) is 16.8 Å². The van der Waals surface area contributed by atoms with E-state index in [0.29, 0.717) is 6.08 Å². The van der Waals surface area contributed by atoms with Crippen LogP contribution in [0.5, 0.6) is 0 Å². The number of benzene rings is 2. The van der Waals surface area contributed by atoms with Gasteiger partial charge in [0, 0.05) is 5.56 Å². The minimum atomic E-state index is -2.92. The molecule has 0 aromatic heterocycles. The van der Waals surface area contributed by atoms with Crippen LogP contribution in [-0.2, 0) is 0 Å². The number of allylic oxidation sites excluding steroid dienone is 1. The normalized spacial score (nSPS) is 28.3. The van der Waals surface area contributed by atoms with E-state index in [0.717, 1.165) is 0 Å². The topological polar surface area (TPSA) is 55.1 Å². The summed E-state index contributed by atoms with van der Waals surface area (Å²) in [6.07, 6.45) is -0.501. The van der Waals surface area contributed by atoms with E-state index < -0.39 is 34.9 Å². The zero-order chi connectivity index (χ0) is 18.9. The zero-order valence-corrected chi connectivity index (χ0v) is 14.3. The van der Waals surface area contributed by atoms with Crippen LogP contribution in [0.4, 0.5) is 24.5 Å². The number of hydrogen-bond donors (Lipinski definition) is 2. The van der Waals surface area contributed by atoms with Gasteiger partial charge in [0.05, 0.1) is 23.7 Å². The molecular formula is C19H16ClF3N2O. The van der Waals surface area contributed by atoms with Gasteiger partial charge in [0.2, 0.25) is 10.9 Å². The second-order valence-corrected chi connectivity index (χ2v) is 6.80. The van der Waals surface area contributed by atoms with Crippen LogP contribution in [-0.4, -0.2) is 16.7 Å². The van der Waals surface area contributed by atoms with Gasteiger partial charge in [0.25, 0.3) is 0 Å². The Morgan fingerprint density at radius 1 is 1.12 bits per heavy atom. The van der Waals surface area contributed by atoms with Crippen molar-refractivity contribution in [2.24, 2.45) is 5.92 Å². The average molecular weight is 381 g/mol. The number of halogens is 4. The number of carbonyl (C=O) groups excluding carboxylic acids is 1. The lowest BCUT2D eigenvalue weighted by atomic mass is 9.83. The van der Waals surface area contributed by atoms with Gasteiger partial charge in [-0.05, 0) is 18.2 Å². The van der Waals surface area contributed by atoms with E-state index in [-0.39, 0.29) is 16.9 Å². The summed E-state index contributed by atoms with van der Waals surface area (Å²) in [7, 11) is 0. The first-order valence-electron chi connectivity index (χ1n) is 7.89. The number of Topliss-reactive ketones (excluding diaryl/α,β-unsaturated/α-hetero) is 1. The highest BCUT2D eigenvalue weighted by Crippen LogP contribution is 2.48. The molecule has 0 radical (unpaired) electrons. The van der Waals surface area contributed by atoms with Crippen LogP contribution in [0.2, 0.25) is 0 Å². The molecule has 136 valence electrons. The minimum Gasteiger partial charge on any atom is -0.397 e. The number of rotatable bonds is 4. The Hall–Kier alpha value is -2.47. The Morgan fingerprint density at radius 2 is 1.73 bits per heavy atom. The summed E-state index contributed by atoms with van der Waals surface area (Å²) in [6, 6.07) is 13.9. The fourth-order valence-electron chi connectivity index (χ4n) is 2.90. The zero-order valence-electron chi connectivity index (χ0n) is 13.6. The Labute approximate surface area is 153 Å². The highest BCUT2D eigenvalue weighted by atomic mass is 35.5. The standard InChI is InChI=1S/C19H16ClF3N2O/c20-18(22)11-19(23,25-15-9-5-4-8-14(15)24)16(21)10-13(18)17(26)12-6-2-1-3-7-12/h1-10,13,25H,11,24H2. The molecule has 3 N–H and O–H groups in total.